The summed E-state index contributed by atoms with van der Waals surface area (Å²) in [6.45, 7) is 14.7. The number of fused-ring (bicyclic) bond motifs is 1. The van der Waals surface area contributed by atoms with Gasteiger partial charge in [-0.25, -0.2) is 4.79 Å². The number of anilines is 2. The normalized spacial score (nSPS) is 11.7. The molecule has 0 aliphatic carbocycles. The number of allylic oxidation sites excluding steroid dienone is 1. The number of aryl methyl sites for hydroxylation is 2. The highest BCUT2D eigenvalue weighted by Gasteiger charge is 2.16. The molecule has 0 atom stereocenters. The average molecular weight is 539 g/mol. The molecule has 210 valence electrons. The monoisotopic (exact) mass is 538 g/mol. The standard InChI is InChI=1S/C31H34N4O2.C3H8/c1-7-10-27(31-20-28-30(34(31)6)11-9-18-32-28)25-14-17-29(21(3)19-25)35(8-2)26-15-12-24(13-16-26)22(4)33-37-23(5)36;1-3-2/h9-20H,7-8H2,1-6H3;3H2,1-2H3/b27-10-,33-22+;. The molecule has 0 saturated carbocycles. The third-order valence-corrected chi connectivity index (χ3v) is 6.52. The zero-order chi connectivity index (χ0) is 29.2. The van der Waals surface area contributed by atoms with Crippen molar-refractivity contribution in [2.45, 2.75) is 61.3 Å². The third kappa shape index (κ3) is 7.06. The van der Waals surface area contributed by atoms with E-state index in [1.807, 2.05) is 31.3 Å². The number of carbonyl (C=O) groups is 1. The van der Waals surface area contributed by atoms with Crippen LogP contribution in [-0.2, 0) is 16.7 Å². The number of oxime groups is 1. The maximum Gasteiger partial charge on any atom is 0.331 e. The maximum absolute atomic E-state index is 11.0. The Balaban J connectivity index is 0.00000141. The number of hydrogen-bond acceptors (Lipinski definition) is 5. The van der Waals surface area contributed by atoms with Crippen molar-refractivity contribution in [2.24, 2.45) is 12.2 Å². The van der Waals surface area contributed by atoms with Crippen LogP contribution >= 0.6 is 0 Å². The number of hydrogen-bond donors (Lipinski definition) is 0. The molecule has 0 amide bonds. The van der Waals surface area contributed by atoms with Crippen LogP contribution in [0.3, 0.4) is 0 Å². The third-order valence-electron chi connectivity index (χ3n) is 6.52. The molecule has 4 rings (SSSR count). The zero-order valence-electron chi connectivity index (χ0n) is 25.2. The molecule has 0 bridgehead atoms. The molecule has 2 aromatic heterocycles. The molecular weight excluding hydrogens is 496 g/mol. The van der Waals surface area contributed by atoms with Crippen LogP contribution in [0, 0.1) is 6.92 Å². The van der Waals surface area contributed by atoms with E-state index in [-0.39, 0.29) is 0 Å². The summed E-state index contributed by atoms with van der Waals surface area (Å²) < 4.78 is 2.22. The molecule has 0 saturated heterocycles. The molecule has 0 radical (unpaired) electrons. The number of benzene rings is 2. The van der Waals surface area contributed by atoms with Crippen molar-refractivity contribution in [1.82, 2.24) is 9.55 Å². The number of nitrogens with zero attached hydrogens (tertiary/aromatic N) is 4. The van der Waals surface area contributed by atoms with Crippen molar-refractivity contribution >= 4 is 39.7 Å². The lowest BCUT2D eigenvalue weighted by Crippen LogP contribution is -2.17. The van der Waals surface area contributed by atoms with Gasteiger partial charge < -0.3 is 14.3 Å². The second-order valence-corrected chi connectivity index (χ2v) is 9.78. The lowest BCUT2D eigenvalue weighted by molar-refractivity contribution is -0.140. The topological polar surface area (TPSA) is 59.7 Å². The van der Waals surface area contributed by atoms with Crippen molar-refractivity contribution in [2.75, 3.05) is 11.4 Å². The predicted molar refractivity (Wildman–Crippen MR) is 168 cm³/mol. The van der Waals surface area contributed by atoms with E-state index in [0.717, 1.165) is 40.9 Å². The molecular formula is C34H42N4O2. The van der Waals surface area contributed by atoms with Gasteiger partial charge in [-0.2, -0.15) is 0 Å². The van der Waals surface area contributed by atoms with Gasteiger partial charge in [-0.15, -0.1) is 0 Å². The van der Waals surface area contributed by atoms with Crippen molar-refractivity contribution in [3.8, 4) is 0 Å². The highest BCUT2D eigenvalue weighted by molar-refractivity contribution is 5.99. The summed E-state index contributed by atoms with van der Waals surface area (Å²) in [6.07, 6.45) is 6.32. The minimum atomic E-state index is -0.430. The average Bonchev–Trinajstić information content (AvgIpc) is 3.28. The second kappa shape index (κ2) is 14.3. The number of aromatic nitrogens is 2. The Kier molecular flexibility index (Phi) is 10.8. The largest absolute Gasteiger partial charge is 0.342 e. The van der Waals surface area contributed by atoms with Crippen molar-refractivity contribution < 1.29 is 9.63 Å². The van der Waals surface area contributed by atoms with E-state index in [9.17, 15) is 4.79 Å². The molecule has 0 aliphatic heterocycles. The first kappa shape index (κ1) is 30.4. The number of carbonyl (C=O) groups excluding carboxylic acids is 1. The highest BCUT2D eigenvalue weighted by Crippen LogP contribution is 2.34. The minimum Gasteiger partial charge on any atom is -0.342 e. The summed E-state index contributed by atoms with van der Waals surface area (Å²) >= 11 is 0. The summed E-state index contributed by atoms with van der Waals surface area (Å²) in [7, 11) is 2.10. The van der Waals surface area contributed by atoms with Gasteiger partial charge in [0.1, 0.15) is 0 Å². The fourth-order valence-electron chi connectivity index (χ4n) is 4.68. The smallest absolute Gasteiger partial charge is 0.331 e. The molecule has 0 aliphatic rings. The fraction of sp³-hybridized carbons (Fsp3) is 0.324. The quantitative estimate of drug-likeness (QED) is 0.128. The van der Waals surface area contributed by atoms with Gasteiger partial charge in [-0.1, -0.05) is 56.6 Å². The Morgan fingerprint density at radius 1 is 1.00 bits per heavy atom. The maximum atomic E-state index is 11.0. The highest BCUT2D eigenvalue weighted by atomic mass is 16.7. The van der Waals surface area contributed by atoms with E-state index >= 15 is 0 Å². The van der Waals surface area contributed by atoms with Crippen molar-refractivity contribution in [1.29, 1.82) is 0 Å². The first-order valence-corrected chi connectivity index (χ1v) is 14.1. The van der Waals surface area contributed by atoms with Gasteiger partial charge in [0.2, 0.25) is 0 Å². The molecule has 6 nitrogen and oxygen atoms in total. The molecule has 0 fully saturated rings. The number of pyridine rings is 1. The summed E-state index contributed by atoms with van der Waals surface area (Å²) in [5, 5.41) is 3.89. The van der Waals surface area contributed by atoms with Gasteiger partial charge in [0.15, 0.2) is 0 Å². The van der Waals surface area contributed by atoms with Crippen LogP contribution in [0.4, 0.5) is 11.4 Å². The van der Waals surface area contributed by atoms with Crippen LogP contribution in [0.25, 0.3) is 16.6 Å². The van der Waals surface area contributed by atoms with Crippen LogP contribution < -0.4 is 4.90 Å². The van der Waals surface area contributed by atoms with E-state index in [1.165, 1.54) is 35.7 Å². The Hall–Kier alpha value is -4.19. The van der Waals surface area contributed by atoms with E-state index in [2.05, 4.69) is 110 Å². The predicted octanol–water partition coefficient (Wildman–Crippen LogP) is 8.58. The molecule has 0 spiro atoms. The van der Waals surface area contributed by atoms with E-state index < -0.39 is 5.97 Å². The van der Waals surface area contributed by atoms with Gasteiger partial charge in [0.25, 0.3) is 0 Å². The zero-order valence-corrected chi connectivity index (χ0v) is 25.2. The Morgan fingerprint density at radius 3 is 2.25 bits per heavy atom. The lowest BCUT2D eigenvalue weighted by Gasteiger charge is -2.26. The Morgan fingerprint density at radius 2 is 1.68 bits per heavy atom. The van der Waals surface area contributed by atoms with Crippen LogP contribution in [0.2, 0.25) is 0 Å². The van der Waals surface area contributed by atoms with Crippen LogP contribution in [0.15, 0.2) is 78.1 Å². The molecule has 0 unspecified atom stereocenters. The first-order valence-electron chi connectivity index (χ1n) is 14.1. The van der Waals surface area contributed by atoms with Crippen LogP contribution in [0.1, 0.15) is 76.8 Å². The van der Waals surface area contributed by atoms with Gasteiger partial charge in [-0.05, 0) is 86.3 Å². The van der Waals surface area contributed by atoms with Crippen LogP contribution in [0.5, 0.6) is 0 Å². The molecule has 4 aromatic rings. The van der Waals surface area contributed by atoms with Crippen molar-refractivity contribution in [3.05, 3.63) is 95.3 Å². The number of rotatable bonds is 8. The molecule has 0 N–H and O–H groups in total. The van der Waals surface area contributed by atoms with Gasteiger partial charge in [0, 0.05) is 43.7 Å². The lowest BCUT2D eigenvalue weighted by atomic mass is 9.98. The SMILES string of the molecule is CC/C=C(/c1ccc(N(CC)c2ccc(/C(C)=N/OC(C)=O)cc2)c(C)c1)c1cc2ncccc2n1C.CCC. The summed E-state index contributed by atoms with van der Waals surface area (Å²) in [6, 6.07) is 21.1. The van der Waals surface area contributed by atoms with Crippen LogP contribution in [-0.4, -0.2) is 27.8 Å². The van der Waals surface area contributed by atoms with Crippen molar-refractivity contribution in [3.63, 3.8) is 0 Å². The van der Waals surface area contributed by atoms with Gasteiger partial charge in [-0.3, -0.25) is 4.98 Å². The second-order valence-electron chi connectivity index (χ2n) is 9.78. The summed E-state index contributed by atoms with van der Waals surface area (Å²) in [5.74, 6) is -0.430. The Bertz CT molecular complexity index is 1500. The Labute approximate surface area is 239 Å². The molecule has 6 heteroatoms. The molecule has 40 heavy (non-hydrogen) atoms. The molecule has 2 aromatic carbocycles. The van der Waals surface area contributed by atoms with Gasteiger partial charge in [0.05, 0.1) is 22.4 Å². The summed E-state index contributed by atoms with van der Waals surface area (Å²) in [4.78, 5) is 22.7. The summed E-state index contributed by atoms with van der Waals surface area (Å²) in [5.41, 5.74) is 10.7. The van der Waals surface area contributed by atoms with E-state index in [4.69, 9.17) is 4.84 Å². The fourth-order valence-corrected chi connectivity index (χ4v) is 4.68. The van der Waals surface area contributed by atoms with Gasteiger partial charge >= 0.3 is 5.97 Å². The molecule has 2 heterocycles. The minimum absolute atomic E-state index is 0.430. The van der Waals surface area contributed by atoms with E-state index in [0.29, 0.717) is 5.71 Å². The first-order chi connectivity index (χ1) is 19.2. The van der Waals surface area contributed by atoms with E-state index in [1.54, 1.807) is 0 Å².